The van der Waals surface area contributed by atoms with E-state index in [0.29, 0.717) is 29.2 Å². The second-order valence-electron chi connectivity index (χ2n) is 20.8. The lowest BCUT2D eigenvalue weighted by atomic mass is 9.99. The number of rotatable bonds is 14. The first-order valence-corrected chi connectivity index (χ1v) is 33.9. The number of halogens is 16. The number of imide groups is 4. The molecule has 12 nitrogen and oxygen atoms in total. The fourth-order valence-corrected chi connectivity index (χ4v) is 14.0. The van der Waals surface area contributed by atoms with Crippen LogP contribution in [0.3, 0.4) is 0 Å². The molecule has 2 unspecified atom stereocenters. The minimum atomic E-state index is -2.61. The van der Waals surface area contributed by atoms with E-state index in [4.69, 9.17) is 0 Å². The van der Waals surface area contributed by atoms with E-state index in [1.54, 1.807) is 47.8 Å². The predicted molar refractivity (Wildman–Crippen MR) is 348 cm³/mol. The molecule has 0 bridgehead atoms. The second-order valence-corrected chi connectivity index (χ2v) is 27.3. The van der Waals surface area contributed by atoms with Gasteiger partial charge in [-0.1, -0.05) is 23.5 Å². The van der Waals surface area contributed by atoms with Crippen molar-refractivity contribution in [2.24, 2.45) is 0 Å². The molecule has 4 heterocycles. The van der Waals surface area contributed by atoms with E-state index in [2.05, 4.69) is 49.5 Å². The van der Waals surface area contributed by atoms with Crippen LogP contribution in [0.2, 0.25) is 0 Å². The predicted octanol–water partition coefficient (Wildman–Crippen LogP) is 16.5. The van der Waals surface area contributed by atoms with Crippen LogP contribution in [0.5, 0.6) is 0 Å². The molecule has 0 radical (unpaired) electrons. The molecule has 8 amide bonds. The van der Waals surface area contributed by atoms with Gasteiger partial charge in [-0.25, -0.2) is 89.8 Å². The summed E-state index contributed by atoms with van der Waals surface area (Å²) in [6.45, 7) is 0. The van der Waals surface area contributed by atoms with Crippen LogP contribution in [-0.2, 0) is 38.4 Å². The standard InChI is InChI=1S/C34H20F8N2O4S4.C20H4F8N2O4.C12H10S3/c1-49-13-3-5-14(6-4-13)51-15-7-9-16(10-8-15)52-18-12-20(46)44(34(18)48)32-29(41)25(37)22(26(38)30(32)42)21-23(35)27(39)31(28(40)24(21)36)43-19(45)11-17(50-2)33(43)47;21-11-9(12(22)16(26)19(15(11)25)29-5(31)1-2-6(29)32)10-13(23)17(27)20(18(28)14(10)24)30-7(33)3-4-8(30)34;13-9-1-5-11(6-2-9)15-12-7-3-10(14)4-8-12/h3-10,17-18H,11-12H2,1-2H3;1-4H;1-8,13-14H. The summed E-state index contributed by atoms with van der Waals surface area (Å²) in [4.78, 5) is 104. The molecule has 2 atom stereocenters. The number of carbonyl (C=O) groups excluding carboxylic acids is 8. The van der Waals surface area contributed by atoms with E-state index in [1.165, 1.54) is 27.8 Å². The van der Waals surface area contributed by atoms with Crippen LogP contribution in [-0.4, -0.2) is 70.3 Å². The van der Waals surface area contributed by atoms with Crippen LogP contribution in [0.1, 0.15) is 12.8 Å². The number of nitrogens with zero attached hydrogens (tertiary/aromatic N) is 4. The van der Waals surface area contributed by atoms with Crippen LogP contribution in [0.25, 0.3) is 22.3 Å². The molecular weight excluding hydrogens is 1510 g/mol. The van der Waals surface area contributed by atoms with Crippen LogP contribution in [0.15, 0.2) is 161 Å². The topological polar surface area (TPSA) is 150 Å². The average molecular weight is 1540 g/mol. The van der Waals surface area contributed by atoms with Gasteiger partial charge in [0.1, 0.15) is 22.7 Å². The molecule has 8 aromatic carbocycles. The number of amides is 8. The Bertz CT molecular complexity index is 4620. The normalized spacial score (nSPS) is 15.8. The van der Waals surface area contributed by atoms with Gasteiger partial charge in [-0.2, -0.15) is 11.8 Å². The monoisotopic (exact) mass is 1540 g/mol. The van der Waals surface area contributed by atoms with Gasteiger partial charge in [-0.3, -0.25) is 38.4 Å². The zero-order valence-electron chi connectivity index (χ0n) is 50.2. The highest BCUT2D eigenvalue weighted by atomic mass is 32.2. The van der Waals surface area contributed by atoms with Gasteiger partial charge in [0.2, 0.25) is 23.6 Å². The van der Waals surface area contributed by atoms with Gasteiger partial charge < -0.3 is 0 Å². The molecule has 4 aliphatic heterocycles. The molecule has 0 aliphatic carbocycles. The molecule has 4 aliphatic rings. The van der Waals surface area contributed by atoms with Crippen molar-refractivity contribution in [3.05, 3.63) is 214 Å². The van der Waals surface area contributed by atoms with Crippen molar-refractivity contribution in [2.45, 2.75) is 62.5 Å². The van der Waals surface area contributed by atoms with Crippen LogP contribution in [0, 0.1) is 93.1 Å². The molecule has 0 aromatic heterocycles. The Balaban J connectivity index is 0.000000190. The zero-order valence-corrected chi connectivity index (χ0v) is 56.0. The fraction of sp³-hybridized carbons (Fsp3) is 0.0909. The first kappa shape index (κ1) is 74.8. The summed E-state index contributed by atoms with van der Waals surface area (Å²) in [7, 11) is 0. The number of hydrogen-bond acceptors (Lipinski definition) is 15. The maximum atomic E-state index is 15.5. The van der Waals surface area contributed by atoms with Crippen molar-refractivity contribution in [1.29, 1.82) is 0 Å². The van der Waals surface area contributed by atoms with Crippen LogP contribution < -0.4 is 19.6 Å². The van der Waals surface area contributed by atoms with Crippen molar-refractivity contribution in [2.75, 3.05) is 32.1 Å². The second kappa shape index (κ2) is 30.4. The molecule has 2 fully saturated rings. The lowest BCUT2D eigenvalue weighted by Gasteiger charge is -2.21. The number of carbonyl (C=O) groups is 8. The molecule has 8 aromatic rings. The van der Waals surface area contributed by atoms with Gasteiger partial charge >= 0.3 is 0 Å². The van der Waals surface area contributed by atoms with Gasteiger partial charge in [-0.05, 0) is 110 Å². The smallest absolute Gasteiger partial charge is 0.258 e. The Morgan fingerprint density at radius 1 is 0.307 bits per heavy atom. The van der Waals surface area contributed by atoms with E-state index in [-0.39, 0.29) is 19.6 Å². The van der Waals surface area contributed by atoms with Crippen molar-refractivity contribution < 1.29 is 109 Å². The quantitative estimate of drug-likeness (QED) is 0.0350. The number of benzene rings is 8. The van der Waals surface area contributed by atoms with Gasteiger partial charge in [-0.15, -0.1) is 48.8 Å². The number of thioether (sulfide) groups is 3. The van der Waals surface area contributed by atoms with Gasteiger partial charge in [0.15, 0.2) is 93.1 Å². The molecule has 12 rings (SSSR count). The van der Waals surface area contributed by atoms with E-state index >= 15 is 35.1 Å². The Morgan fingerprint density at radius 2 is 0.535 bits per heavy atom. The number of thiol groups is 2. The summed E-state index contributed by atoms with van der Waals surface area (Å²) in [5, 5.41) is -2.46. The van der Waals surface area contributed by atoms with Crippen LogP contribution in [0.4, 0.5) is 93.0 Å². The summed E-state index contributed by atoms with van der Waals surface area (Å²) in [6.07, 6.45) is 4.10. The summed E-state index contributed by atoms with van der Waals surface area (Å²) < 4.78 is 240. The van der Waals surface area contributed by atoms with E-state index < -0.39 is 209 Å². The van der Waals surface area contributed by atoms with Crippen molar-refractivity contribution in [1.82, 2.24) is 0 Å². The van der Waals surface area contributed by atoms with Gasteiger partial charge in [0, 0.05) is 76.3 Å². The highest BCUT2D eigenvalue weighted by molar-refractivity contribution is 8.01. The first-order valence-electron chi connectivity index (χ1n) is 28.0. The molecule has 35 heteroatoms. The van der Waals surface area contributed by atoms with Crippen molar-refractivity contribution in [3.63, 3.8) is 0 Å². The van der Waals surface area contributed by atoms with Crippen LogP contribution >= 0.6 is 84.1 Å². The summed E-state index contributed by atoms with van der Waals surface area (Å²) in [5.41, 5.74) is -16.4. The first-order chi connectivity index (χ1) is 47.8. The van der Waals surface area contributed by atoms with Crippen molar-refractivity contribution >= 4 is 154 Å². The minimum absolute atomic E-state index is 0.148. The van der Waals surface area contributed by atoms with E-state index in [0.717, 1.165) is 48.0 Å². The molecule has 101 heavy (non-hydrogen) atoms. The molecule has 2 saturated heterocycles. The van der Waals surface area contributed by atoms with Crippen molar-refractivity contribution in [3.8, 4) is 22.3 Å². The summed E-state index contributed by atoms with van der Waals surface area (Å²) in [6, 6.07) is 30.8. The third-order valence-electron chi connectivity index (χ3n) is 14.8. The van der Waals surface area contributed by atoms with Gasteiger partial charge in [0.05, 0.1) is 32.8 Å². The summed E-state index contributed by atoms with van der Waals surface area (Å²) in [5.74, 6) is -51.3. The Kier molecular flexibility index (Phi) is 22.5. The Labute approximate surface area is 590 Å². The fourth-order valence-electron chi connectivity index (χ4n) is 10.0. The minimum Gasteiger partial charge on any atom is -0.274 e. The van der Waals surface area contributed by atoms with E-state index in [9.17, 15) is 73.5 Å². The maximum Gasteiger partial charge on any atom is 0.258 e. The number of anilines is 4. The highest BCUT2D eigenvalue weighted by Crippen LogP contribution is 2.47. The molecule has 520 valence electrons. The summed E-state index contributed by atoms with van der Waals surface area (Å²) >= 11 is 14.9. The third kappa shape index (κ3) is 14.3. The van der Waals surface area contributed by atoms with E-state index in [1.807, 2.05) is 54.8 Å². The molecule has 0 spiro atoms. The lowest BCUT2D eigenvalue weighted by Crippen LogP contribution is -2.34. The SMILES string of the molecule is CSc1ccc(Sc2ccc(SC3CC(=O)N(c4c(F)c(F)c(-c5c(F)c(F)c(N6C(=O)CC(SC)C6=O)c(F)c5F)c(F)c4F)C3=O)cc2)cc1.O=C1C=CC(=O)N1c1c(F)c(F)c(-c2c(F)c(F)c(N3C(=O)C=CC3=O)c(F)c2F)c(F)c1F.Sc1ccc(Sc2ccc(S)cc2)cc1. The number of hydrogen-bond donors (Lipinski definition) is 2. The Hall–Kier alpha value is -8.87. The lowest BCUT2D eigenvalue weighted by molar-refractivity contribution is -0.122. The molecular formula is C66H34F16N4O8S7. The average Bonchev–Trinajstić information content (AvgIpc) is 1.67. The zero-order chi connectivity index (χ0) is 73.6. The third-order valence-corrected chi connectivity index (χ3v) is 20.3. The van der Waals surface area contributed by atoms with Gasteiger partial charge in [0.25, 0.3) is 23.6 Å². The molecule has 0 saturated carbocycles. The molecule has 0 N–H and O–H groups in total. The maximum absolute atomic E-state index is 15.5. The largest absolute Gasteiger partial charge is 0.274 e. The highest BCUT2D eigenvalue weighted by Gasteiger charge is 2.48. The Morgan fingerprint density at radius 3 is 0.792 bits per heavy atom.